The molecule has 1 aromatic rings. The molecule has 151 valence electrons. The van der Waals surface area contributed by atoms with Gasteiger partial charge in [-0.05, 0) is 35.3 Å². The van der Waals surface area contributed by atoms with Crippen molar-refractivity contribution >= 4 is 30.5 Å². The van der Waals surface area contributed by atoms with Crippen LogP contribution in [-0.4, -0.2) is 31.4 Å². The fraction of sp³-hybridized carbons (Fsp3) is 0.682. The first-order chi connectivity index (χ1) is 12.3. The second-order valence-electron chi connectivity index (χ2n) is 8.33. The average Bonchev–Trinajstić information content (AvgIpc) is 2.95. The van der Waals surface area contributed by atoms with E-state index in [9.17, 15) is 4.79 Å². The van der Waals surface area contributed by atoms with Crippen LogP contribution < -0.4 is 5.46 Å². The third-order valence-corrected chi connectivity index (χ3v) is 7.26. The van der Waals surface area contributed by atoms with E-state index in [-0.39, 0.29) is 43.7 Å². The molecule has 0 N–H and O–H groups in total. The molecule has 27 heavy (non-hydrogen) atoms. The summed E-state index contributed by atoms with van der Waals surface area (Å²) in [7, 11) is 3.75. The van der Waals surface area contributed by atoms with Crippen molar-refractivity contribution in [1.29, 1.82) is 0 Å². The smallest absolute Gasteiger partial charge is 0.302 e. The molecule has 1 saturated carbocycles. The van der Waals surface area contributed by atoms with Gasteiger partial charge < -0.3 is 4.74 Å². The summed E-state index contributed by atoms with van der Waals surface area (Å²) in [5, 5.41) is 0.931. The molecule has 1 atom stereocenters. The Balaban J connectivity index is 0.000000542. The molecule has 5 heteroatoms. The second kappa shape index (κ2) is 12.1. The predicted octanol–water partition coefficient (Wildman–Crippen LogP) is 5.07. The number of rotatable bonds is 4. The summed E-state index contributed by atoms with van der Waals surface area (Å²) in [6.45, 7) is 8.52. The maximum atomic E-state index is 9.59. The Bertz CT molecular complexity index is 600. The summed E-state index contributed by atoms with van der Waals surface area (Å²) < 4.78 is 4.11. The van der Waals surface area contributed by atoms with Crippen LogP contribution in [0.5, 0.6) is 0 Å². The summed E-state index contributed by atoms with van der Waals surface area (Å²) in [6.07, 6.45) is 8.46. The molecule has 0 saturated heterocycles. The monoisotopic (exact) mass is 413 g/mol. The minimum Gasteiger partial charge on any atom is -0.469 e. The zero-order chi connectivity index (χ0) is 19.2. The number of ether oxygens (including phenoxy) is 1. The zero-order valence-electron chi connectivity index (χ0n) is 17.5. The Hall–Kier alpha value is 0.365. The molecule has 1 unspecified atom stereocenters. The van der Waals surface area contributed by atoms with Crippen LogP contribution >= 0.6 is 11.8 Å². The van der Waals surface area contributed by atoms with E-state index in [1.807, 2.05) is 0 Å². The Morgan fingerprint density at radius 1 is 1.30 bits per heavy atom. The van der Waals surface area contributed by atoms with Gasteiger partial charge in [-0.1, -0.05) is 70.0 Å². The Kier molecular flexibility index (Phi) is 11.4. The van der Waals surface area contributed by atoms with Gasteiger partial charge in [-0.25, -0.2) is 0 Å². The van der Waals surface area contributed by atoms with Crippen LogP contribution in [0.1, 0.15) is 76.8 Å². The van der Waals surface area contributed by atoms with Gasteiger partial charge in [-0.3, -0.25) is 4.79 Å². The van der Waals surface area contributed by atoms with Gasteiger partial charge in [0.25, 0.3) is 0 Å². The molecule has 1 radical (unpaired) electrons. The van der Waals surface area contributed by atoms with E-state index in [4.69, 9.17) is 0 Å². The van der Waals surface area contributed by atoms with Crippen molar-refractivity contribution in [3.8, 4) is 0 Å². The molecule has 0 bridgehead atoms. The van der Waals surface area contributed by atoms with Crippen molar-refractivity contribution < 1.29 is 47.3 Å². The van der Waals surface area contributed by atoms with Crippen molar-refractivity contribution in [3.05, 3.63) is 29.3 Å². The topological polar surface area (TPSA) is 26.3 Å². The predicted molar refractivity (Wildman–Crippen MR) is 115 cm³/mol. The molecule has 1 fully saturated rings. The third kappa shape index (κ3) is 7.95. The van der Waals surface area contributed by atoms with Crippen LogP contribution in [-0.2, 0) is 14.9 Å². The fourth-order valence-corrected chi connectivity index (χ4v) is 5.15. The molecular formula is C22H34ArBO2S. The first-order valence-corrected chi connectivity index (χ1v) is 11.0. The summed E-state index contributed by atoms with van der Waals surface area (Å²) in [5.41, 5.74) is 4.91. The molecule has 0 aromatic heterocycles. The number of fused-ring (bicyclic) bond motifs is 1. The van der Waals surface area contributed by atoms with Crippen molar-refractivity contribution in [1.82, 2.24) is 0 Å². The number of hydrogen-bond acceptors (Lipinski definition) is 3. The fourth-order valence-electron chi connectivity index (χ4n) is 3.73. The van der Waals surface area contributed by atoms with Crippen molar-refractivity contribution in [2.75, 3.05) is 12.9 Å². The van der Waals surface area contributed by atoms with Gasteiger partial charge in [0.1, 0.15) is 0 Å². The van der Waals surface area contributed by atoms with Crippen LogP contribution in [0.25, 0.3) is 0 Å². The Morgan fingerprint density at radius 3 is 2.52 bits per heavy atom. The summed E-state index contributed by atoms with van der Waals surface area (Å²) in [6, 6.07) is 7.20. The number of methoxy groups -OCH3 is 1. The number of esters is 1. The quantitative estimate of drug-likeness (QED) is 0.509. The van der Waals surface area contributed by atoms with Crippen LogP contribution in [0, 0.1) is 37.7 Å². The minimum absolute atomic E-state index is 0. The number of hydrogen-bond donors (Lipinski definition) is 0. The Morgan fingerprint density at radius 2 is 1.93 bits per heavy atom. The second-order valence-corrected chi connectivity index (χ2v) is 9.66. The molecule has 0 spiro atoms. The van der Waals surface area contributed by atoms with Crippen LogP contribution in [0.2, 0.25) is 6.32 Å². The van der Waals surface area contributed by atoms with E-state index in [0.717, 1.165) is 5.25 Å². The molecule has 2 aliphatic rings. The van der Waals surface area contributed by atoms with Gasteiger partial charge in [0.05, 0.1) is 7.11 Å². The first kappa shape index (κ1) is 25.4. The molecule has 0 amide bonds. The standard InChI is InChI=1S/C19H28BS.C3H6O2.Ar/c1-14(12-21-16-7-5-4-6-8-16)15-9-10-18-17(11-15)19(2,3)13-20-18;1-3(4)5-2;/h9-11,14,16H,4-8,12-13H2,1-3H3;1-2H3;. The largest absolute Gasteiger partial charge is 0.469 e. The summed E-state index contributed by atoms with van der Waals surface area (Å²) in [4.78, 5) is 9.59. The van der Waals surface area contributed by atoms with Crippen molar-refractivity contribution in [3.63, 3.8) is 0 Å². The number of thioether (sulfide) groups is 1. The van der Waals surface area contributed by atoms with E-state index in [0.29, 0.717) is 11.3 Å². The van der Waals surface area contributed by atoms with E-state index >= 15 is 0 Å². The molecule has 1 aliphatic heterocycles. The van der Waals surface area contributed by atoms with Gasteiger partial charge in [0, 0.05) is 55.7 Å². The molecule has 1 aromatic carbocycles. The van der Waals surface area contributed by atoms with Crippen LogP contribution in [0.3, 0.4) is 0 Å². The molecule has 3 rings (SSSR count). The van der Waals surface area contributed by atoms with E-state index < -0.39 is 0 Å². The zero-order valence-corrected chi connectivity index (χ0v) is 19.0. The molecule has 2 nitrogen and oxygen atoms in total. The number of benzene rings is 1. The minimum atomic E-state index is -0.245. The normalized spacial score (nSPS) is 18.9. The van der Waals surface area contributed by atoms with Gasteiger partial charge >= 0.3 is 5.97 Å². The molecule has 1 aliphatic carbocycles. The van der Waals surface area contributed by atoms with Gasteiger partial charge in [-0.15, -0.1) is 0 Å². The van der Waals surface area contributed by atoms with Gasteiger partial charge in [0.15, 0.2) is 7.28 Å². The number of carbonyl (C=O) groups excluding carboxylic acids is 1. The maximum Gasteiger partial charge on any atom is 0.302 e. The van der Waals surface area contributed by atoms with Crippen molar-refractivity contribution in [2.24, 2.45) is 0 Å². The maximum absolute atomic E-state index is 9.59. The SMILES string of the molecule is CC(CSC1CCCCC1)c1ccc2c(c1)C(C)(C)C[B]2.COC(C)=O.[Ar]. The van der Waals surface area contributed by atoms with E-state index in [1.54, 1.807) is 11.1 Å². The Labute approximate surface area is 201 Å². The number of carbonyl (C=O) groups is 1. The molecular weight excluding hydrogens is 379 g/mol. The van der Waals surface area contributed by atoms with Crippen molar-refractivity contribution in [2.45, 2.75) is 82.7 Å². The average molecular weight is 413 g/mol. The van der Waals surface area contributed by atoms with Gasteiger partial charge in [0.2, 0.25) is 0 Å². The van der Waals surface area contributed by atoms with Crippen LogP contribution in [0.4, 0.5) is 0 Å². The van der Waals surface area contributed by atoms with Crippen LogP contribution in [0.15, 0.2) is 18.2 Å². The third-order valence-electron chi connectivity index (χ3n) is 5.63. The molecule has 1 heterocycles. The van der Waals surface area contributed by atoms with E-state index in [1.165, 1.54) is 63.7 Å². The van der Waals surface area contributed by atoms with E-state index in [2.05, 4.69) is 62.7 Å². The summed E-state index contributed by atoms with van der Waals surface area (Å²) >= 11 is 2.23. The first-order valence-electron chi connectivity index (χ1n) is 9.97. The summed E-state index contributed by atoms with van der Waals surface area (Å²) in [5.74, 6) is 1.72. The van der Waals surface area contributed by atoms with Gasteiger partial charge in [-0.2, -0.15) is 11.8 Å².